The summed E-state index contributed by atoms with van der Waals surface area (Å²) in [7, 11) is 0. The van der Waals surface area contributed by atoms with Crippen LogP contribution in [0.5, 0.6) is 5.75 Å². The Morgan fingerprint density at radius 3 is 2.70 bits per heavy atom. The number of aromatic carboxylic acids is 1. The van der Waals surface area contributed by atoms with Crippen LogP contribution in [0.4, 0.5) is 8.78 Å². The van der Waals surface area contributed by atoms with Crippen LogP contribution in [-0.4, -0.2) is 56.3 Å². The minimum absolute atomic E-state index is 0.0197. The third kappa shape index (κ3) is 5.52. The molecule has 0 radical (unpaired) electrons. The van der Waals surface area contributed by atoms with Gasteiger partial charge in [0.1, 0.15) is 23.9 Å². The van der Waals surface area contributed by atoms with Gasteiger partial charge < -0.3 is 19.1 Å². The van der Waals surface area contributed by atoms with Gasteiger partial charge in [0, 0.05) is 29.8 Å². The third-order valence-electron chi connectivity index (χ3n) is 7.51. The lowest BCUT2D eigenvalue weighted by atomic mass is 10.0. The molecule has 40 heavy (non-hydrogen) atoms. The van der Waals surface area contributed by atoms with Crippen molar-refractivity contribution in [2.45, 2.75) is 44.6 Å². The van der Waals surface area contributed by atoms with E-state index >= 15 is 0 Å². The van der Waals surface area contributed by atoms with Crippen molar-refractivity contribution in [3.8, 4) is 5.75 Å². The van der Waals surface area contributed by atoms with E-state index in [1.54, 1.807) is 24.3 Å². The summed E-state index contributed by atoms with van der Waals surface area (Å²) >= 11 is 5.79. The van der Waals surface area contributed by atoms with Gasteiger partial charge in [-0.25, -0.2) is 18.6 Å². The number of hydrogen-bond donors (Lipinski definition) is 1. The smallest absolute Gasteiger partial charge is 0.335 e. The summed E-state index contributed by atoms with van der Waals surface area (Å²) in [5, 5.41) is 9.73. The van der Waals surface area contributed by atoms with Crippen LogP contribution in [-0.2, 0) is 24.4 Å². The molecule has 1 N–H and O–H groups in total. The summed E-state index contributed by atoms with van der Waals surface area (Å²) in [6.45, 7) is 3.22. The maximum atomic E-state index is 14.5. The zero-order chi connectivity index (χ0) is 27.8. The minimum Gasteiger partial charge on any atom is -0.484 e. The number of carbonyl (C=O) groups is 1. The van der Waals surface area contributed by atoms with E-state index in [9.17, 15) is 18.7 Å². The van der Waals surface area contributed by atoms with E-state index in [1.165, 1.54) is 18.2 Å². The number of aromatic nitrogens is 3. The molecule has 4 heterocycles. The Morgan fingerprint density at radius 2 is 1.95 bits per heavy atom. The Labute approximate surface area is 234 Å². The normalized spacial score (nSPS) is 19.2. The first-order chi connectivity index (χ1) is 19.3. The van der Waals surface area contributed by atoms with E-state index in [0.717, 1.165) is 54.6 Å². The van der Waals surface area contributed by atoms with Gasteiger partial charge in [-0.05, 0) is 67.9 Å². The summed E-state index contributed by atoms with van der Waals surface area (Å²) in [4.78, 5) is 23.2. The molecule has 208 valence electrons. The van der Waals surface area contributed by atoms with Crippen LogP contribution in [0.15, 0.2) is 48.5 Å². The number of pyridine rings is 1. The van der Waals surface area contributed by atoms with Crippen molar-refractivity contribution in [1.29, 1.82) is 0 Å². The molecule has 0 aliphatic carbocycles. The van der Waals surface area contributed by atoms with Gasteiger partial charge in [-0.2, -0.15) is 0 Å². The molecular weight excluding hydrogens is 542 g/mol. The highest BCUT2D eigenvalue weighted by Crippen LogP contribution is 2.30. The molecule has 2 atom stereocenters. The number of likely N-dealkylation sites (tertiary alicyclic amines) is 1. The van der Waals surface area contributed by atoms with E-state index in [0.29, 0.717) is 19.6 Å². The summed E-state index contributed by atoms with van der Waals surface area (Å²) in [6.07, 6.45) is 1.87. The molecule has 0 saturated carbocycles. The lowest BCUT2D eigenvalue weighted by Crippen LogP contribution is -2.32. The van der Waals surface area contributed by atoms with Crippen molar-refractivity contribution >= 4 is 28.6 Å². The van der Waals surface area contributed by atoms with Crippen LogP contribution >= 0.6 is 11.6 Å². The van der Waals surface area contributed by atoms with Crippen molar-refractivity contribution < 1.29 is 28.2 Å². The summed E-state index contributed by atoms with van der Waals surface area (Å²) in [5.74, 6) is -1.20. The first-order valence-corrected chi connectivity index (χ1v) is 13.5. The number of carboxylic acids is 1. The number of imidazole rings is 1. The van der Waals surface area contributed by atoms with Gasteiger partial charge in [-0.3, -0.25) is 9.88 Å². The molecule has 0 amide bonds. The van der Waals surface area contributed by atoms with E-state index in [2.05, 4.69) is 14.5 Å². The number of fused-ring (bicyclic) bond motifs is 1. The van der Waals surface area contributed by atoms with Crippen LogP contribution in [0.25, 0.3) is 11.0 Å². The number of ether oxygens (including phenoxy) is 2. The summed E-state index contributed by atoms with van der Waals surface area (Å²) in [6, 6.07) is 12.1. The monoisotopic (exact) mass is 568 g/mol. The van der Waals surface area contributed by atoms with Crippen molar-refractivity contribution in [1.82, 2.24) is 19.4 Å². The molecule has 2 aromatic carbocycles. The lowest BCUT2D eigenvalue weighted by Gasteiger charge is -2.28. The molecule has 0 bridgehead atoms. The van der Waals surface area contributed by atoms with Gasteiger partial charge in [0.05, 0.1) is 35.8 Å². The quantitative estimate of drug-likeness (QED) is 0.288. The first kappa shape index (κ1) is 26.6. The summed E-state index contributed by atoms with van der Waals surface area (Å²) in [5.41, 5.74) is 2.61. The highest BCUT2D eigenvalue weighted by atomic mass is 35.5. The van der Waals surface area contributed by atoms with Gasteiger partial charge in [0.15, 0.2) is 11.6 Å². The average molecular weight is 569 g/mol. The maximum absolute atomic E-state index is 14.5. The fraction of sp³-hybridized carbons (Fsp3) is 0.345. The largest absolute Gasteiger partial charge is 0.484 e. The second kappa shape index (κ2) is 11.1. The maximum Gasteiger partial charge on any atom is 0.335 e. The molecule has 2 aliphatic rings. The van der Waals surface area contributed by atoms with Crippen LogP contribution in [0, 0.1) is 11.6 Å². The number of halogens is 3. The van der Waals surface area contributed by atoms with Gasteiger partial charge >= 0.3 is 5.97 Å². The minimum atomic E-state index is -0.978. The fourth-order valence-electron chi connectivity index (χ4n) is 5.25. The Hall–Kier alpha value is -3.60. The molecule has 11 heteroatoms. The van der Waals surface area contributed by atoms with Crippen molar-refractivity contribution in [2.24, 2.45) is 0 Å². The van der Waals surface area contributed by atoms with Crippen LogP contribution < -0.4 is 4.74 Å². The average Bonchev–Trinajstić information content (AvgIpc) is 3.50. The molecule has 0 spiro atoms. The topological polar surface area (TPSA) is 89.7 Å². The Morgan fingerprint density at radius 1 is 1.10 bits per heavy atom. The van der Waals surface area contributed by atoms with Gasteiger partial charge in [-0.1, -0.05) is 11.6 Å². The van der Waals surface area contributed by atoms with Crippen molar-refractivity contribution in [2.75, 3.05) is 19.7 Å². The van der Waals surface area contributed by atoms with E-state index in [4.69, 9.17) is 26.1 Å². The number of benzene rings is 2. The number of nitrogens with zero attached hydrogens (tertiary/aromatic N) is 4. The van der Waals surface area contributed by atoms with E-state index in [1.807, 2.05) is 0 Å². The summed E-state index contributed by atoms with van der Waals surface area (Å²) < 4.78 is 41.8. The van der Waals surface area contributed by atoms with Crippen LogP contribution in [0.1, 0.15) is 46.3 Å². The predicted molar refractivity (Wildman–Crippen MR) is 144 cm³/mol. The zero-order valence-corrected chi connectivity index (χ0v) is 22.3. The fourth-order valence-corrected chi connectivity index (χ4v) is 5.41. The first-order valence-electron chi connectivity index (χ1n) is 13.1. The van der Waals surface area contributed by atoms with Crippen LogP contribution in [0.2, 0.25) is 5.02 Å². The molecule has 4 aromatic rings. The lowest BCUT2D eigenvalue weighted by molar-refractivity contribution is -0.0591. The molecule has 6 rings (SSSR count). The van der Waals surface area contributed by atoms with Gasteiger partial charge in [0.25, 0.3) is 0 Å². The molecule has 0 unspecified atom stereocenters. The third-order valence-corrected chi connectivity index (χ3v) is 7.74. The number of hydrogen-bond acceptors (Lipinski definition) is 6. The Balaban J connectivity index is 1.17. The van der Waals surface area contributed by atoms with Gasteiger partial charge in [0.2, 0.25) is 0 Å². The standard InChI is InChI=1S/C29H27ClF2N4O4/c30-19-2-6-27(22(32)12-19)40-16-25-21(31)3-5-23(33-25)18-7-9-35(13-18)15-28-34-24-4-1-17(29(37)38)11-26(24)36(28)14-20-8-10-39-20/h1-6,11-12,18,20H,7-10,13-16H2,(H,37,38)/t18-,20-/m0/s1. The molecule has 2 aromatic heterocycles. The molecular formula is C29H27ClF2N4O4. The van der Waals surface area contributed by atoms with E-state index in [-0.39, 0.29) is 40.7 Å². The van der Waals surface area contributed by atoms with Gasteiger partial charge in [-0.15, -0.1) is 0 Å². The highest BCUT2D eigenvalue weighted by Gasteiger charge is 2.28. The highest BCUT2D eigenvalue weighted by molar-refractivity contribution is 6.30. The number of rotatable bonds is 9. The molecule has 2 saturated heterocycles. The zero-order valence-electron chi connectivity index (χ0n) is 21.5. The molecule has 2 fully saturated rings. The van der Waals surface area contributed by atoms with Crippen molar-refractivity contribution in [3.05, 3.63) is 88.0 Å². The van der Waals surface area contributed by atoms with Crippen molar-refractivity contribution in [3.63, 3.8) is 0 Å². The molecule has 2 aliphatic heterocycles. The Kier molecular flexibility index (Phi) is 7.39. The SMILES string of the molecule is O=C(O)c1ccc2nc(CN3CC[C@H](c4ccc(F)c(COc5ccc(Cl)cc5F)n4)C3)n(C[C@@H]3CCO3)c2c1. The van der Waals surface area contributed by atoms with E-state index < -0.39 is 17.6 Å². The second-order valence-corrected chi connectivity index (χ2v) is 10.6. The Bertz CT molecular complexity index is 1580. The van der Waals surface area contributed by atoms with Crippen LogP contribution in [0.3, 0.4) is 0 Å². The molecule has 8 nitrogen and oxygen atoms in total. The number of carboxylic acid groups (broad SMARTS) is 1. The predicted octanol–water partition coefficient (Wildman–Crippen LogP) is 5.42. The second-order valence-electron chi connectivity index (χ2n) is 10.2.